The van der Waals surface area contributed by atoms with Crippen molar-refractivity contribution in [1.82, 2.24) is 25.0 Å². The smallest absolute Gasteiger partial charge is 0.432 e. The van der Waals surface area contributed by atoms with Crippen LogP contribution in [0.1, 0.15) is 42.5 Å². The first kappa shape index (κ1) is 21.4. The monoisotopic (exact) mass is 456 g/mol. The number of benzene rings is 2. The van der Waals surface area contributed by atoms with Crippen LogP contribution in [0.5, 0.6) is 0 Å². The molecule has 9 heteroatoms. The molecule has 5 aromatic rings. The highest BCUT2D eigenvalue weighted by Crippen LogP contribution is 2.35. The molecule has 0 bridgehead atoms. The Hall–Kier alpha value is -4.40. The van der Waals surface area contributed by atoms with Crippen molar-refractivity contribution in [3.05, 3.63) is 65.7 Å². The number of carbonyl (C=O) groups is 2. The Kier molecular flexibility index (Phi) is 4.78. The largest absolute Gasteiger partial charge is 0.463 e. The minimum Gasteiger partial charge on any atom is -0.463 e. The van der Waals surface area contributed by atoms with Gasteiger partial charge >= 0.3 is 6.09 Å². The molecule has 0 fully saturated rings. The normalized spacial score (nSPS) is 11.9. The zero-order valence-electron chi connectivity index (χ0n) is 19.2. The van der Waals surface area contributed by atoms with Crippen LogP contribution in [0.2, 0.25) is 0 Å². The predicted molar refractivity (Wildman–Crippen MR) is 130 cm³/mol. The molecule has 4 N–H and O–H groups in total. The molecule has 3 heterocycles. The quantitative estimate of drug-likeness (QED) is 0.293. The second-order valence-electron chi connectivity index (χ2n) is 9.31. The molecule has 34 heavy (non-hydrogen) atoms. The van der Waals surface area contributed by atoms with Gasteiger partial charge in [-0.3, -0.25) is 9.89 Å². The third-order valence-corrected chi connectivity index (χ3v) is 5.89. The van der Waals surface area contributed by atoms with Crippen LogP contribution in [0.25, 0.3) is 32.9 Å². The number of nitrogens with one attached hydrogen (secondary N) is 3. The van der Waals surface area contributed by atoms with Gasteiger partial charge in [0.1, 0.15) is 0 Å². The molecule has 3 aromatic heterocycles. The fraction of sp³-hybridized carbons (Fsp3) is 0.200. The van der Waals surface area contributed by atoms with Crippen LogP contribution < -0.4 is 5.32 Å². The van der Waals surface area contributed by atoms with E-state index in [-0.39, 0.29) is 5.56 Å². The van der Waals surface area contributed by atoms with E-state index in [4.69, 9.17) is 0 Å². The molecule has 0 radical (unpaired) electrons. The Bertz CT molecular complexity index is 1580. The summed E-state index contributed by atoms with van der Waals surface area (Å²) in [4.78, 5) is 28.5. The summed E-state index contributed by atoms with van der Waals surface area (Å²) < 4.78 is 0.890. The lowest BCUT2D eigenvalue weighted by Crippen LogP contribution is -2.26. The van der Waals surface area contributed by atoms with E-state index < -0.39 is 17.4 Å². The summed E-state index contributed by atoms with van der Waals surface area (Å²) in [5, 5.41) is 25.7. The summed E-state index contributed by atoms with van der Waals surface area (Å²) in [7, 11) is 0. The average molecular weight is 457 g/mol. The number of amides is 1. The molecule has 0 saturated carbocycles. The maximum absolute atomic E-state index is 13.5. The van der Waals surface area contributed by atoms with Crippen LogP contribution in [0, 0.1) is 6.92 Å². The fourth-order valence-corrected chi connectivity index (χ4v) is 4.46. The molecule has 0 aliphatic heterocycles. The molecular formula is C25H24N6O3. The average Bonchev–Trinajstić information content (AvgIpc) is 3.50. The van der Waals surface area contributed by atoms with E-state index in [1.165, 1.54) is 0 Å². The number of fused-ring (bicyclic) bond motifs is 2. The molecular weight excluding hydrogens is 432 g/mol. The van der Waals surface area contributed by atoms with E-state index in [2.05, 4.69) is 25.6 Å². The Balaban J connectivity index is 1.64. The van der Waals surface area contributed by atoms with Gasteiger partial charge in [-0.25, -0.2) is 4.79 Å². The maximum atomic E-state index is 13.5. The van der Waals surface area contributed by atoms with Crippen molar-refractivity contribution in [1.29, 1.82) is 0 Å². The number of H-pyrrole nitrogens is 2. The van der Waals surface area contributed by atoms with Crippen LogP contribution in [0.4, 0.5) is 10.5 Å². The topological polar surface area (TPSA) is 129 Å². The van der Waals surface area contributed by atoms with Crippen molar-refractivity contribution in [2.75, 3.05) is 5.32 Å². The molecule has 0 atom stereocenters. The lowest BCUT2D eigenvalue weighted by atomic mass is 9.88. The first-order valence-electron chi connectivity index (χ1n) is 10.8. The summed E-state index contributed by atoms with van der Waals surface area (Å²) in [6.45, 7) is 7.20. The highest BCUT2D eigenvalue weighted by atomic mass is 16.4. The van der Waals surface area contributed by atoms with Crippen LogP contribution in [0.3, 0.4) is 0 Å². The Morgan fingerprint density at radius 2 is 1.88 bits per heavy atom. The van der Waals surface area contributed by atoms with Gasteiger partial charge in [-0.15, -0.1) is 0 Å². The van der Waals surface area contributed by atoms with E-state index in [1.54, 1.807) is 13.1 Å². The van der Waals surface area contributed by atoms with Gasteiger partial charge in [-0.05, 0) is 42.3 Å². The molecule has 0 saturated heterocycles. The fourth-order valence-electron chi connectivity index (χ4n) is 4.46. The van der Waals surface area contributed by atoms with E-state index in [1.807, 2.05) is 63.4 Å². The van der Waals surface area contributed by atoms with Gasteiger partial charge in [0.2, 0.25) is 0 Å². The van der Waals surface area contributed by atoms with Crippen molar-refractivity contribution in [2.24, 2.45) is 0 Å². The Labute approximate surface area is 194 Å². The molecule has 0 aliphatic carbocycles. The van der Waals surface area contributed by atoms with Gasteiger partial charge in [0.25, 0.3) is 5.91 Å². The molecule has 0 unspecified atom stereocenters. The summed E-state index contributed by atoms with van der Waals surface area (Å²) in [6, 6.07) is 11.9. The number of aromatic amines is 2. The molecule has 172 valence electrons. The standard InChI is InChI=1S/C25H24N6O3/c1-13-21(22(25(2,3)4)31(30-13)24(33)34)23(32)28-19-10-14(11-20-17(19)12-27-29-20)15-6-5-7-18-16(15)8-9-26-18/h5-12,26H,1-4H3,(H,27,29)(H,28,32)(H,33,34). The van der Waals surface area contributed by atoms with Crippen molar-refractivity contribution in [2.45, 2.75) is 33.1 Å². The number of aryl methyl sites for hydroxylation is 1. The molecule has 1 amide bonds. The number of carboxylic acid groups (broad SMARTS) is 1. The van der Waals surface area contributed by atoms with Crippen molar-refractivity contribution in [3.8, 4) is 11.1 Å². The molecule has 9 nitrogen and oxygen atoms in total. The highest BCUT2D eigenvalue weighted by molar-refractivity contribution is 6.11. The Morgan fingerprint density at radius 3 is 2.62 bits per heavy atom. The molecule has 5 rings (SSSR count). The van der Waals surface area contributed by atoms with Crippen LogP contribution >= 0.6 is 0 Å². The summed E-state index contributed by atoms with van der Waals surface area (Å²) in [5.41, 5.74) is 4.60. The summed E-state index contributed by atoms with van der Waals surface area (Å²) in [5.74, 6) is -0.422. The third-order valence-electron chi connectivity index (χ3n) is 5.89. The van der Waals surface area contributed by atoms with Gasteiger partial charge in [0.15, 0.2) is 0 Å². The zero-order valence-corrected chi connectivity index (χ0v) is 19.2. The maximum Gasteiger partial charge on any atom is 0.432 e. The van der Waals surface area contributed by atoms with Gasteiger partial charge in [-0.2, -0.15) is 14.9 Å². The van der Waals surface area contributed by atoms with Gasteiger partial charge < -0.3 is 15.4 Å². The zero-order chi connectivity index (χ0) is 24.2. The number of hydrogen-bond acceptors (Lipinski definition) is 4. The third kappa shape index (κ3) is 3.42. The molecule has 2 aromatic carbocycles. The van der Waals surface area contributed by atoms with E-state index >= 15 is 0 Å². The van der Waals surface area contributed by atoms with E-state index in [9.17, 15) is 14.7 Å². The van der Waals surface area contributed by atoms with Crippen LogP contribution in [-0.4, -0.2) is 42.1 Å². The van der Waals surface area contributed by atoms with Crippen molar-refractivity contribution in [3.63, 3.8) is 0 Å². The number of carbonyl (C=O) groups excluding carboxylic acids is 1. The first-order chi connectivity index (χ1) is 16.1. The van der Waals surface area contributed by atoms with Crippen LogP contribution in [-0.2, 0) is 5.41 Å². The first-order valence-corrected chi connectivity index (χ1v) is 10.8. The minimum atomic E-state index is -1.23. The van der Waals surface area contributed by atoms with Gasteiger partial charge in [0, 0.05) is 27.9 Å². The second-order valence-corrected chi connectivity index (χ2v) is 9.31. The highest BCUT2D eigenvalue weighted by Gasteiger charge is 2.32. The number of anilines is 1. The minimum absolute atomic E-state index is 0.254. The second kappa shape index (κ2) is 7.58. The van der Waals surface area contributed by atoms with E-state index in [0.29, 0.717) is 17.1 Å². The van der Waals surface area contributed by atoms with E-state index in [0.717, 1.165) is 37.6 Å². The predicted octanol–water partition coefficient (Wildman–Crippen LogP) is 5.29. The number of aromatic nitrogens is 5. The van der Waals surface area contributed by atoms with Crippen molar-refractivity contribution < 1.29 is 14.7 Å². The summed E-state index contributed by atoms with van der Waals surface area (Å²) >= 11 is 0. The molecule has 0 aliphatic rings. The summed E-state index contributed by atoms with van der Waals surface area (Å²) in [6.07, 6.45) is 2.32. The number of rotatable bonds is 3. The number of nitrogens with zero attached hydrogens (tertiary/aromatic N) is 3. The van der Waals surface area contributed by atoms with Gasteiger partial charge in [-0.1, -0.05) is 32.9 Å². The van der Waals surface area contributed by atoms with Crippen LogP contribution in [0.15, 0.2) is 48.8 Å². The number of hydrogen-bond donors (Lipinski definition) is 4. The Morgan fingerprint density at radius 1 is 1.09 bits per heavy atom. The lowest BCUT2D eigenvalue weighted by molar-refractivity contribution is 0.102. The van der Waals surface area contributed by atoms with Crippen molar-refractivity contribution >= 4 is 39.5 Å². The SMILES string of the molecule is Cc1nn(C(=O)O)c(C(C)(C)C)c1C(=O)Nc1cc(-c2cccc3[nH]ccc23)cc2[nH]ncc12. The van der Waals surface area contributed by atoms with Gasteiger partial charge in [0.05, 0.1) is 34.4 Å². The lowest BCUT2D eigenvalue weighted by Gasteiger charge is -2.20. The molecule has 0 spiro atoms.